The summed E-state index contributed by atoms with van der Waals surface area (Å²) in [6, 6.07) is 13.1. The van der Waals surface area contributed by atoms with Crippen LogP contribution in [0.3, 0.4) is 0 Å². The van der Waals surface area contributed by atoms with Crippen molar-refractivity contribution in [1.82, 2.24) is 24.3 Å². The van der Waals surface area contributed by atoms with Crippen molar-refractivity contribution in [3.8, 4) is 0 Å². The Morgan fingerprint density at radius 3 is 2.35 bits per heavy atom. The van der Waals surface area contributed by atoms with Gasteiger partial charge in [0, 0.05) is 55.9 Å². The molecule has 1 saturated carbocycles. The second-order valence-electron chi connectivity index (χ2n) is 10.9. The van der Waals surface area contributed by atoms with Gasteiger partial charge in [-0.1, -0.05) is 43.2 Å². The third kappa shape index (κ3) is 5.87. The number of hydrogen-bond donors (Lipinski definition) is 1. The maximum Gasteiger partial charge on any atom is 0.252 e. The first-order valence-corrected chi connectivity index (χ1v) is 13.8. The van der Waals surface area contributed by atoms with Gasteiger partial charge in [-0.3, -0.25) is 14.3 Å². The van der Waals surface area contributed by atoms with E-state index in [1.807, 2.05) is 13.8 Å². The molecule has 0 amide bonds. The zero-order chi connectivity index (χ0) is 25.9. The molecule has 0 radical (unpaired) electrons. The fourth-order valence-corrected chi connectivity index (χ4v) is 5.47. The number of rotatable bonds is 9. The van der Waals surface area contributed by atoms with E-state index in [1.54, 1.807) is 22.9 Å². The van der Waals surface area contributed by atoms with Gasteiger partial charge < -0.3 is 10.2 Å². The molecule has 3 heterocycles. The van der Waals surface area contributed by atoms with Gasteiger partial charge >= 0.3 is 0 Å². The minimum atomic E-state index is -0.0419. The molecule has 2 fully saturated rings. The topological polar surface area (TPSA) is 66.3 Å². The van der Waals surface area contributed by atoms with Crippen LogP contribution in [-0.2, 0) is 0 Å². The Bertz CT molecular complexity index is 1290. The number of fused-ring (bicyclic) bond motifs is 1. The van der Waals surface area contributed by atoms with E-state index in [4.69, 9.17) is 4.98 Å². The summed E-state index contributed by atoms with van der Waals surface area (Å²) in [5.41, 5.74) is 3.25. The smallest absolute Gasteiger partial charge is 0.252 e. The van der Waals surface area contributed by atoms with Crippen LogP contribution in [0.4, 0.5) is 5.95 Å². The lowest BCUT2D eigenvalue weighted by Crippen LogP contribution is -2.45. The van der Waals surface area contributed by atoms with Crippen molar-refractivity contribution in [2.45, 2.75) is 65.1 Å². The van der Waals surface area contributed by atoms with Crippen molar-refractivity contribution in [2.75, 3.05) is 31.5 Å². The molecule has 7 heteroatoms. The average molecular weight is 501 g/mol. The van der Waals surface area contributed by atoms with Gasteiger partial charge in [0.1, 0.15) is 5.65 Å². The molecule has 0 spiro atoms. The summed E-state index contributed by atoms with van der Waals surface area (Å²) in [4.78, 5) is 26.8. The number of benzene rings is 1. The number of nitrogens with one attached hydrogen (secondary N) is 1. The molecule has 2 atom stereocenters. The van der Waals surface area contributed by atoms with Gasteiger partial charge in [0.15, 0.2) is 0 Å². The van der Waals surface area contributed by atoms with Gasteiger partial charge in [-0.15, -0.1) is 0 Å². The molecule has 1 unspecified atom stereocenters. The molecule has 1 aliphatic carbocycles. The Labute approximate surface area is 220 Å². The summed E-state index contributed by atoms with van der Waals surface area (Å²) in [6.45, 7) is 12.6. The Balaban J connectivity index is 1.31. The van der Waals surface area contributed by atoms with Crippen LogP contribution in [0, 0.1) is 5.92 Å². The molecule has 5 rings (SSSR count). The maximum atomic E-state index is 12.4. The monoisotopic (exact) mass is 500 g/mol. The van der Waals surface area contributed by atoms with E-state index in [0.717, 1.165) is 37.5 Å². The van der Waals surface area contributed by atoms with E-state index in [-0.39, 0.29) is 17.6 Å². The molecule has 1 aliphatic heterocycles. The molecule has 196 valence electrons. The predicted molar refractivity (Wildman–Crippen MR) is 151 cm³/mol. The maximum absolute atomic E-state index is 12.4. The summed E-state index contributed by atoms with van der Waals surface area (Å²) in [5, 5.41) is 4.31. The van der Waals surface area contributed by atoms with Crippen LogP contribution < -0.4 is 10.9 Å². The summed E-state index contributed by atoms with van der Waals surface area (Å²) >= 11 is 0. The molecule has 7 nitrogen and oxygen atoms in total. The highest BCUT2D eigenvalue weighted by molar-refractivity contribution is 5.75. The number of nitrogens with zero attached hydrogens (tertiary/aromatic N) is 5. The normalized spacial score (nSPS) is 18.6. The van der Waals surface area contributed by atoms with Gasteiger partial charge in [-0.05, 0) is 63.4 Å². The van der Waals surface area contributed by atoms with Crippen molar-refractivity contribution < 1.29 is 0 Å². The third-order valence-electron chi connectivity index (χ3n) is 7.75. The van der Waals surface area contributed by atoms with E-state index in [0.29, 0.717) is 17.6 Å². The Morgan fingerprint density at radius 2 is 1.70 bits per heavy atom. The van der Waals surface area contributed by atoms with Crippen molar-refractivity contribution in [1.29, 1.82) is 0 Å². The fraction of sp³-hybridized carbons (Fsp3) is 0.500. The van der Waals surface area contributed by atoms with Gasteiger partial charge in [-0.2, -0.15) is 4.98 Å². The molecule has 1 N–H and O–H groups in total. The Hall–Kier alpha value is -3.19. The summed E-state index contributed by atoms with van der Waals surface area (Å²) in [6.07, 6.45) is 10.2. The van der Waals surface area contributed by atoms with Crippen molar-refractivity contribution in [2.24, 2.45) is 5.92 Å². The first-order valence-electron chi connectivity index (χ1n) is 13.8. The number of anilines is 1. The lowest BCUT2D eigenvalue weighted by molar-refractivity contribution is 0.113. The largest absolute Gasteiger partial charge is 0.375 e. The fourth-order valence-electron chi connectivity index (χ4n) is 5.47. The molecule has 1 aromatic carbocycles. The van der Waals surface area contributed by atoms with Crippen LogP contribution in [0.15, 0.2) is 59.7 Å². The van der Waals surface area contributed by atoms with Crippen LogP contribution in [0.2, 0.25) is 0 Å². The predicted octanol–water partition coefficient (Wildman–Crippen LogP) is 5.54. The molecular weight excluding hydrogens is 460 g/mol. The quantitative estimate of drug-likeness (QED) is 0.416. The minimum Gasteiger partial charge on any atom is -0.375 e. The van der Waals surface area contributed by atoms with Crippen LogP contribution >= 0.6 is 0 Å². The minimum absolute atomic E-state index is 0.0265. The lowest BCUT2D eigenvalue weighted by Gasteiger charge is -2.39. The van der Waals surface area contributed by atoms with E-state index in [9.17, 15) is 4.79 Å². The van der Waals surface area contributed by atoms with E-state index in [2.05, 4.69) is 70.5 Å². The second kappa shape index (κ2) is 11.1. The first-order chi connectivity index (χ1) is 17.9. The summed E-state index contributed by atoms with van der Waals surface area (Å²) in [5.74, 6) is 1.42. The highest BCUT2D eigenvalue weighted by Gasteiger charge is 2.31. The number of piperazine rings is 1. The number of pyridine rings is 1. The molecular formula is C30H40N6O. The van der Waals surface area contributed by atoms with E-state index >= 15 is 0 Å². The van der Waals surface area contributed by atoms with Crippen molar-refractivity contribution >= 4 is 17.0 Å². The van der Waals surface area contributed by atoms with Crippen LogP contribution in [0.5, 0.6) is 0 Å². The molecule has 3 aromatic rings. The molecule has 1 saturated heterocycles. The van der Waals surface area contributed by atoms with Gasteiger partial charge in [0.25, 0.3) is 5.56 Å². The van der Waals surface area contributed by atoms with Gasteiger partial charge in [0.05, 0.1) is 6.04 Å². The molecule has 37 heavy (non-hydrogen) atoms. The lowest BCUT2D eigenvalue weighted by atomic mass is 9.96. The number of aromatic nitrogens is 3. The summed E-state index contributed by atoms with van der Waals surface area (Å²) < 4.78 is 1.72. The highest BCUT2D eigenvalue weighted by Crippen LogP contribution is 2.40. The Morgan fingerprint density at radius 1 is 1.00 bits per heavy atom. The molecule has 0 bridgehead atoms. The number of allylic oxidation sites excluding steroid dienone is 1. The van der Waals surface area contributed by atoms with Crippen molar-refractivity contribution in [3.63, 3.8) is 0 Å². The third-order valence-corrected chi connectivity index (χ3v) is 7.75. The number of hydrogen-bond acceptors (Lipinski definition) is 6. The van der Waals surface area contributed by atoms with Gasteiger partial charge in [0.2, 0.25) is 5.95 Å². The van der Waals surface area contributed by atoms with E-state index in [1.165, 1.54) is 30.4 Å². The first kappa shape index (κ1) is 25.5. The average Bonchev–Trinajstić information content (AvgIpc) is 3.72. The molecule has 2 aromatic heterocycles. The zero-order valence-corrected chi connectivity index (χ0v) is 22.6. The SMILES string of the molecule is CC=CN1CCN(C(CC2CC2)c2ccc([C@H](C)Nc3ncc4ccc(=O)n(C(C)C)c4n3)cc2)CC1. The highest BCUT2D eigenvalue weighted by atomic mass is 16.1. The van der Waals surface area contributed by atoms with Crippen molar-refractivity contribution in [3.05, 3.63) is 76.4 Å². The van der Waals surface area contributed by atoms with E-state index < -0.39 is 0 Å². The summed E-state index contributed by atoms with van der Waals surface area (Å²) in [7, 11) is 0. The second-order valence-corrected chi connectivity index (χ2v) is 10.9. The van der Waals surface area contributed by atoms with Gasteiger partial charge in [-0.25, -0.2) is 4.98 Å². The standard InChI is InChI=1S/C30H40N6O/c1-5-14-34-15-17-35(18-16-34)27(19-23-6-7-23)25-10-8-24(9-11-25)22(4)32-30-31-20-26-12-13-28(37)36(21(2)3)29(26)33-30/h5,8-14,20-23,27H,6-7,15-19H2,1-4H3,(H,31,32,33)/t22-,27?/m0/s1. The molecule has 2 aliphatic rings. The van der Waals surface area contributed by atoms with Crippen LogP contribution in [0.1, 0.15) is 76.2 Å². The van der Waals surface area contributed by atoms with Crippen LogP contribution in [-0.4, -0.2) is 50.5 Å². The van der Waals surface area contributed by atoms with Crippen LogP contribution in [0.25, 0.3) is 11.0 Å². The Kier molecular flexibility index (Phi) is 7.60. The zero-order valence-electron chi connectivity index (χ0n) is 22.6.